The average molecular weight is 398 g/mol. The van der Waals surface area contributed by atoms with Crippen molar-refractivity contribution in [1.82, 2.24) is 14.9 Å². The van der Waals surface area contributed by atoms with Gasteiger partial charge in [-0.1, -0.05) is 12.1 Å². The molecule has 0 saturated carbocycles. The molecule has 3 aromatic rings. The Morgan fingerprint density at radius 2 is 2.18 bits per heavy atom. The quantitative estimate of drug-likeness (QED) is 0.709. The molecule has 7 heteroatoms. The maximum absolute atomic E-state index is 12.7. The Morgan fingerprint density at radius 3 is 3.04 bits per heavy atom. The third-order valence-electron chi connectivity index (χ3n) is 6.37. The van der Waals surface area contributed by atoms with E-state index in [0.29, 0.717) is 28.6 Å². The number of nitrogens with one attached hydrogen (secondary N) is 2. The van der Waals surface area contributed by atoms with Crippen molar-refractivity contribution in [2.75, 3.05) is 13.7 Å². The molecule has 1 saturated heterocycles. The van der Waals surface area contributed by atoms with Crippen LogP contribution in [0, 0.1) is 5.92 Å². The summed E-state index contributed by atoms with van der Waals surface area (Å²) in [6.07, 6.45) is 2.93. The van der Waals surface area contributed by atoms with E-state index in [1.54, 1.807) is 13.2 Å². The van der Waals surface area contributed by atoms with Crippen molar-refractivity contribution >= 4 is 21.6 Å². The van der Waals surface area contributed by atoms with Crippen molar-refractivity contribution in [2.24, 2.45) is 5.92 Å². The van der Waals surface area contributed by atoms with Crippen molar-refractivity contribution in [2.45, 2.75) is 37.8 Å². The minimum atomic E-state index is -0.319. The van der Waals surface area contributed by atoms with Crippen molar-refractivity contribution in [3.05, 3.63) is 61.6 Å². The highest BCUT2D eigenvalue weighted by Gasteiger charge is 2.40. The second kappa shape index (κ2) is 6.90. The zero-order valence-electron chi connectivity index (χ0n) is 15.7. The minimum Gasteiger partial charge on any atom is -0.496 e. The number of methoxy groups -OCH3 is 1. The van der Waals surface area contributed by atoms with Gasteiger partial charge in [-0.2, -0.15) is 0 Å². The maximum atomic E-state index is 12.7. The maximum Gasteiger partial charge on any atom is 0.329 e. The first-order chi connectivity index (χ1) is 13.7. The van der Waals surface area contributed by atoms with Gasteiger partial charge in [0.15, 0.2) is 0 Å². The normalized spacial score (nSPS) is 23.5. The van der Waals surface area contributed by atoms with E-state index in [1.807, 2.05) is 11.4 Å². The molecular formula is C21H23N3O3S. The van der Waals surface area contributed by atoms with Crippen LogP contribution in [-0.2, 0) is 13.0 Å². The molecule has 3 atom stereocenters. The molecule has 0 spiro atoms. The van der Waals surface area contributed by atoms with Gasteiger partial charge in [0.1, 0.15) is 10.6 Å². The van der Waals surface area contributed by atoms with Crippen molar-refractivity contribution < 1.29 is 4.74 Å². The van der Waals surface area contributed by atoms with Crippen LogP contribution in [0.2, 0.25) is 0 Å². The Morgan fingerprint density at radius 1 is 1.29 bits per heavy atom. The number of aromatic amines is 1. The van der Waals surface area contributed by atoms with E-state index in [1.165, 1.54) is 27.0 Å². The van der Waals surface area contributed by atoms with Gasteiger partial charge < -0.3 is 10.1 Å². The van der Waals surface area contributed by atoms with Crippen LogP contribution in [0.3, 0.4) is 0 Å². The molecule has 1 aromatic carbocycles. The lowest BCUT2D eigenvalue weighted by Crippen LogP contribution is -2.37. The van der Waals surface area contributed by atoms with Gasteiger partial charge in [-0.05, 0) is 60.4 Å². The van der Waals surface area contributed by atoms with E-state index >= 15 is 0 Å². The smallest absolute Gasteiger partial charge is 0.329 e. The molecular weight excluding hydrogens is 374 g/mol. The first-order valence-electron chi connectivity index (χ1n) is 9.77. The molecule has 0 bridgehead atoms. The standard InChI is InChI=1S/C21H23N3O3S/c1-27-17-4-2-3-14-13(17)6-5-12-11-22-16(18(12)14)7-9-24-20(25)15-8-10-28-19(15)23-21(24)26/h2-4,8,10,12,16,18,22H,5-7,9,11H2,1H3,(H,23,26)/t12-,16?,18+/m0/s1. The molecule has 2 aromatic heterocycles. The van der Waals surface area contributed by atoms with Crippen molar-refractivity contribution in [1.29, 1.82) is 0 Å². The summed E-state index contributed by atoms with van der Waals surface area (Å²) in [5.74, 6) is 1.97. The number of thiophene rings is 1. The van der Waals surface area contributed by atoms with Gasteiger partial charge in [0.2, 0.25) is 0 Å². The summed E-state index contributed by atoms with van der Waals surface area (Å²) >= 11 is 1.39. The molecule has 28 heavy (non-hydrogen) atoms. The average Bonchev–Trinajstić information content (AvgIpc) is 3.34. The lowest BCUT2D eigenvalue weighted by atomic mass is 9.73. The molecule has 6 nitrogen and oxygen atoms in total. The predicted octanol–water partition coefficient (Wildman–Crippen LogP) is 2.47. The fourth-order valence-corrected chi connectivity index (χ4v) is 5.82. The van der Waals surface area contributed by atoms with Crippen LogP contribution >= 0.6 is 11.3 Å². The summed E-state index contributed by atoms with van der Waals surface area (Å²) in [6.45, 7) is 1.40. The molecule has 1 unspecified atom stereocenters. The van der Waals surface area contributed by atoms with E-state index in [4.69, 9.17) is 4.74 Å². The topological polar surface area (TPSA) is 76.1 Å². The fourth-order valence-electron chi connectivity index (χ4n) is 5.05. The van der Waals surface area contributed by atoms with Gasteiger partial charge in [0.25, 0.3) is 5.56 Å². The number of aromatic nitrogens is 2. The lowest BCUT2D eigenvalue weighted by Gasteiger charge is -2.32. The van der Waals surface area contributed by atoms with Crippen LogP contribution in [-0.4, -0.2) is 29.2 Å². The molecule has 146 valence electrons. The van der Waals surface area contributed by atoms with Gasteiger partial charge in [-0.3, -0.25) is 14.3 Å². The lowest BCUT2D eigenvalue weighted by molar-refractivity contribution is 0.371. The van der Waals surface area contributed by atoms with E-state index in [9.17, 15) is 9.59 Å². The number of benzene rings is 1. The predicted molar refractivity (Wildman–Crippen MR) is 111 cm³/mol. The first-order valence-corrected chi connectivity index (χ1v) is 10.6. The second-order valence-corrected chi connectivity index (χ2v) is 8.62. The van der Waals surface area contributed by atoms with Crippen LogP contribution in [0.1, 0.15) is 29.9 Å². The summed E-state index contributed by atoms with van der Waals surface area (Å²) in [4.78, 5) is 28.6. The molecule has 1 aliphatic heterocycles. The van der Waals surface area contributed by atoms with Crippen LogP contribution < -0.4 is 21.3 Å². The monoisotopic (exact) mass is 397 g/mol. The summed E-state index contributed by atoms with van der Waals surface area (Å²) < 4.78 is 6.93. The zero-order chi connectivity index (χ0) is 19.3. The second-order valence-electron chi connectivity index (χ2n) is 7.71. The Labute approximate surface area is 166 Å². The van der Waals surface area contributed by atoms with E-state index in [2.05, 4.69) is 22.4 Å². The molecule has 0 radical (unpaired) electrons. The largest absolute Gasteiger partial charge is 0.496 e. The molecule has 2 N–H and O–H groups in total. The van der Waals surface area contributed by atoms with Crippen LogP contribution in [0.15, 0.2) is 39.2 Å². The van der Waals surface area contributed by atoms with Crippen LogP contribution in [0.4, 0.5) is 0 Å². The molecule has 0 amide bonds. The summed E-state index contributed by atoms with van der Waals surface area (Å²) in [5, 5.41) is 6.08. The van der Waals surface area contributed by atoms with E-state index in [0.717, 1.165) is 31.6 Å². The molecule has 3 heterocycles. The summed E-state index contributed by atoms with van der Waals surface area (Å²) in [7, 11) is 1.73. The zero-order valence-corrected chi connectivity index (χ0v) is 16.6. The highest BCUT2D eigenvalue weighted by Crippen LogP contribution is 2.45. The number of hydrogen-bond donors (Lipinski definition) is 2. The highest BCUT2D eigenvalue weighted by atomic mass is 32.1. The summed E-state index contributed by atoms with van der Waals surface area (Å²) in [5.41, 5.74) is 2.16. The SMILES string of the molecule is COc1cccc2c1CC[C@H]1CNC(CCn3c(=O)[nH]c4sccc4c3=O)[C@@H]21. The summed E-state index contributed by atoms with van der Waals surface area (Å²) in [6, 6.07) is 8.34. The van der Waals surface area contributed by atoms with E-state index < -0.39 is 0 Å². The number of rotatable bonds is 4. The van der Waals surface area contributed by atoms with Gasteiger partial charge in [-0.25, -0.2) is 4.79 Å². The van der Waals surface area contributed by atoms with Crippen LogP contribution in [0.5, 0.6) is 5.75 Å². The Bertz CT molecular complexity index is 1150. The highest BCUT2D eigenvalue weighted by molar-refractivity contribution is 7.16. The Kier molecular flexibility index (Phi) is 4.36. The number of ether oxygens (including phenoxy) is 1. The molecule has 1 aliphatic carbocycles. The van der Waals surface area contributed by atoms with Crippen molar-refractivity contribution in [3.63, 3.8) is 0 Å². The van der Waals surface area contributed by atoms with E-state index in [-0.39, 0.29) is 17.3 Å². The number of hydrogen-bond acceptors (Lipinski definition) is 5. The van der Waals surface area contributed by atoms with Gasteiger partial charge >= 0.3 is 5.69 Å². The molecule has 2 aliphatic rings. The fraction of sp³-hybridized carbons (Fsp3) is 0.429. The third kappa shape index (κ3) is 2.72. The van der Waals surface area contributed by atoms with Crippen molar-refractivity contribution in [3.8, 4) is 5.75 Å². The van der Waals surface area contributed by atoms with Gasteiger partial charge in [0, 0.05) is 18.5 Å². The minimum absolute atomic E-state index is 0.194. The van der Waals surface area contributed by atoms with Gasteiger partial charge in [-0.15, -0.1) is 11.3 Å². The third-order valence-corrected chi connectivity index (χ3v) is 7.20. The number of fused-ring (bicyclic) bond motifs is 4. The van der Waals surface area contributed by atoms with Gasteiger partial charge in [0.05, 0.1) is 12.5 Å². The molecule has 1 fully saturated rings. The van der Waals surface area contributed by atoms with Crippen LogP contribution in [0.25, 0.3) is 10.2 Å². The Hall–Kier alpha value is -2.38. The molecule has 5 rings (SSSR count). The Balaban J connectivity index is 1.44. The number of nitrogens with zero attached hydrogens (tertiary/aromatic N) is 1. The first kappa shape index (κ1) is 17.7. The number of H-pyrrole nitrogens is 1.